The minimum Gasteiger partial charge on any atom is -0.383 e. The van der Waals surface area contributed by atoms with E-state index in [9.17, 15) is 8.42 Å². The number of hydrogen-bond donors (Lipinski definition) is 0. The van der Waals surface area contributed by atoms with Crippen molar-refractivity contribution in [2.75, 3.05) is 20.6 Å². The maximum Gasteiger partial charge on any atom is 0.249 e. The Morgan fingerprint density at radius 3 is 2.67 bits per heavy atom. The highest BCUT2D eigenvalue weighted by molar-refractivity contribution is 7.89. The van der Waals surface area contributed by atoms with Crippen LogP contribution >= 0.6 is 0 Å². The van der Waals surface area contributed by atoms with Gasteiger partial charge in [-0.3, -0.25) is 0 Å². The van der Waals surface area contributed by atoms with Crippen LogP contribution in [0.25, 0.3) is 6.08 Å². The molecule has 0 N–H and O–H groups in total. The number of aryl methyl sites for hydroxylation is 1. The summed E-state index contributed by atoms with van der Waals surface area (Å²) in [6.45, 7) is 2.49. The molecule has 0 atom stereocenters. The lowest BCUT2D eigenvalue weighted by Gasteiger charge is -2.27. The van der Waals surface area contributed by atoms with Gasteiger partial charge in [-0.15, -0.1) is 0 Å². The molecule has 1 aromatic heterocycles. The van der Waals surface area contributed by atoms with Crippen molar-refractivity contribution in [1.82, 2.24) is 14.4 Å². The second-order valence-electron chi connectivity index (χ2n) is 6.10. The van der Waals surface area contributed by atoms with E-state index in [2.05, 4.69) is 11.2 Å². The molecule has 2 aromatic rings. The van der Waals surface area contributed by atoms with E-state index in [1.54, 1.807) is 19.2 Å². The summed E-state index contributed by atoms with van der Waals surface area (Å²) in [5.41, 5.74) is 2.64. The number of sulfonamides is 1. The van der Waals surface area contributed by atoms with Gasteiger partial charge in [0, 0.05) is 39.5 Å². The van der Waals surface area contributed by atoms with Crippen LogP contribution in [-0.2, 0) is 23.0 Å². The molecule has 128 valence electrons. The monoisotopic (exact) mass is 347 g/mol. The van der Waals surface area contributed by atoms with Crippen molar-refractivity contribution in [1.29, 1.82) is 0 Å². The average molecular weight is 347 g/mol. The third kappa shape index (κ3) is 3.09. The zero-order valence-electron chi connectivity index (χ0n) is 14.1. The SMILES string of the molecule is Cc1noc(/C=C/N(C)C)c1S(=O)(=O)N1CCc2ccccc2C1. The molecule has 0 fully saturated rings. The Bertz CT molecular complexity index is 869. The van der Waals surface area contributed by atoms with Gasteiger partial charge in [-0.25, -0.2) is 8.42 Å². The lowest BCUT2D eigenvalue weighted by Crippen LogP contribution is -2.36. The molecule has 0 amide bonds. The molecule has 0 spiro atoms. The molecule has 3 rings (SSSR count). The Labute approximate surface area is 142 Å². The number of benzene rings is 1. The van der Waals surface area contributed by atoms with E-state index in [4.69, 9.17) is 4.52 Å². The van der Waals surface area contributed by atoms with E-state index in [-0.39, 0.29) is 10.7 Å². The first-order chi connectivity index (χ1) is 11.4. The fraction of sp³-hybridized carbons (Fsp3) is 0.353. The number of hydrogen-bond acceptors (Lipinski definition) is 5. The molecular weight excluding hydrogens is 326 g/mol. The van der Waals surface area contributed by atoms with Gasteiger partial charge in [0.25, 0.3) is 0 Å². The lowest BCUT2D eigenvalue weighted by atomic mass is 10.0. The zero-order valence-corrected chi connectivity index (χ0v) is 14.9. The molecule has 0 radical (unpaired) electrons. The van der Waals surface area contributed by atoms with Gasteiger partial charge >= 0.3 is 0 Å². The summed E-state index contributed by atoms with van der Waals surface area (Å²) in [4.78, 5) is 1.96. The van der Waals surface area contributed by atoms with E-state index >= 15 is 0 Å². The average Bonchev–Trinajstić information content (AvgIpc) is 2.94. The highest BCUT2D eigenvalue weighted by Crippen LogP contribution is 2.29. The normalized spacial score (nSPS) is 15.6. The molecule has 0 unspecified atom stereocenters. The van der Waals surface area contributed by atoms with Crippen LogP contribution in [0.4, 0.5) is 0 Å². The maximum absolute atomic E-state index is 13.1. The molecule has 1 aliphatic rings. The van der Waals surface area contributed by atoms with Gasteiger partial charge in [0.05, 0.1) is 0 Å². The Kier molecular flexibility index (Phi) is 4.47. The summed E-state index contributed by atoms with van der Waals surface area (Å²) < 4.78 is 33.0. The minimum absolute atomic E-state index is 0.153. The summed E-state index contributed by atoms with van der Waals surface area (Å²) in [7, 11) is 0.0499. The summed E-state index contributed by atoms with van der Waals surface area (Å²) in [6.07, 6.45) is 4.08. The van der Waals surface area contributed by atoms with E-state index in [0.717, 1.165) is 5.56 Å². The van der Waals surface area contributed by atoms with Crippen molar-refractivity contribution < 1.29 is 12.9 Å². The van der Waals surface area contributed by atoms with Crippen LogP contribution in [-0.4, -0.2) is 43.4 Å². The van der Waals surface area contributed by atoms with Gasteiger partial charge in [-0.05, 0) is 24.5 Å². The predicted molar refractivity (Wildman–Crippen MR) is 91.7 cm³/mol. The number of aromatic nitrogens is 1. The topological polar surface area (TPSA) is 66.7 Å². The molecule has 6 nitrogen and oxygen atoms in total. The fourth-order valence-corrected chi connectivity index (χ4v) is 4.49. The van der Waals surface area contributed by atoms with Gasteiger partial charge in [-0.1, -0.05) is 29.4 Å². The second-order valence-corrected chi connectivity index (χ2v) is 7.97. The highest BCUT2D eigenvalue weighted by Gasteiger charge is 2.33. The van der Waals surface area contributed by atoms with E-state index in [0.29, 0.717) is 25.2 Å². The lowest BCUT2D eigenvalue weighted by molar-refractivity contribution is 0.387. The van der Waals surface area contributed by atoms with Crippen LogP contribution in [0.15, 0.2) is 39.9 Å². The standard InChI is InChI=1S/C17H21N3O3S/c1-13-17(16(23-18-13)9-10-19(2)3)24(21,22)20-11-8-14-6-4-5-7-15(14)12-20/h4-7,9-10H,8,11-12H2,1-3H3/b10-9+. The predicted octanol–water partition coefficient (Wildman–Crippen LogP) is 2.26. The molecule has 0 saturated carbocycles. The van der Waals surface area contributed by atoms with Crippen LogP contribution in [0, 0.1) is 6.92 Å². The summed E-state index contributed by atoms with van der Waals surface area (Å²) in [5.74, 6) is 0.264. The first-order valence-corrected chi connectivity index (χ1v) is 9.21. The second kappa shape index (κ2) is 6.41. The molecule has 0 aliphatic carbocycles. The van der Waals surface area contributed by atoms with E-state index in [1.165, 1.54) is 9.87 Å². The Hall–Kier alpha value is -2.12. The molecule has 7 heteroatoms. The summed E-state index contributed by atoms with van der Waals surface area (Å²) >= 11 is 0. The minimum atomic E-state index is -3.66. The fourth-order valence-electron chi connectivity index (χ4n) is 2.82. The van der Waals surface area contributed by atoms with Crippen LogP contribution in [0.1, 0.15) is 22.6 Å². The zero-order chi connectivity index (χ0) is 17.3. The van der Waals surface area contributed by atoms with Gasteiger partial charge in [0.15, 0.2) is 10.7 Å². The van der Waals surface area contributed by atoms with Crippen molar-refractivity contribution in [2.24, 2.45) is 0 Å². The maximum atomic E-state index is 13.1. The van der Waals surface area contributed by atoms with Gasteiger partial charge in [-0.2, -0.15) is 4.31 Å². The molecular formula is C17H21N3O3S. The van der Waals surface area contributed by atoms with Crippen LogP contribution < -0.4 is 0 Å². The molecule has 2 heterocycles. The summed E-state index contributed by atoms with van der Waals surface area (Å²) in [6, 6.07) is 7.95. The third-order valence-corrected chi connectivity index (χ3v) is 6.05. The highest BCUT2D eigenvalue weighted by atomic mass is 32.2. The summed E-state index contributed by atoms with van der Waals surface area (Å²) in [5, 5.41) is 3.85. The van der Waals surface area contributed by atoms with Crippen LogP contribution in [0.5, 0.6) is 0 Å². The van der Waals surface area contributed by atoms with Gasteiger partial charge in [0.1, 0.15) is 5.69 Å². The quantitative estimate of drug-likeness (QED) is 0.849. The third-order valence-electron chi connectivity index (χ3n) is 4.05. The van der Waals surface area contributed by atoms with Crippen molar-refractivity contribution >= 4 is 16.1 Å². The molecule has 24 heavy (non-hydrogen) atoms. The Balaban J connectivity index is 1.96. The van der Waals surface area contributed by atoms with Gasteiger partial charge in [0.2, 0.25) is 10.0 Å². The van der Waals surface area contributed by atoms with Crippen LogP contribution in [0.3, 0.4) is 0 Å². The molecule has 0 bridgehead atoms. The molecule has 1 aliphatic heterocycles. The first kappa shape index (κ1) is 16.7. The van der Waals surface area contributed by atoms with Crippen molar-refractivity contribution in [3.05, 3.63) is 53.0 Å². The number of fused-ring (bicyclic) bond motifs is 1. The van der Waals surface area contributed by atoms with Crippen molar-refractivity contribution in [3.8, 4) is 0 Å². The van der Waals surface area contributed by atoms with E-state index in [1.807, 2.05) is 37.2 Å². The van der Waals surface area contributed by atoms with E-state index < -0.39 is 10.0 Å². The van der Waals surface area contributed by atoms with Gasteiger partial charge < -0.3 is 9.42 Å². The van der Waals surface area contributed by atoms with Crippen molar-refractivity contribution in [3.63, 3.8) is 0 Å². The Morgan fingerprint density at radius 1 is 1.25 bits per heavy atom. The smallest absolute Gasteiger partial charge is 0.249 e. The molecule has 0 saturated heterocycles. The largest absolute Gasteiger partial charge is 0.383 e. The molecule has 1 aromatic carbocycles. The van der Waals surface area contributed by atoms with Crippen molar-refractivity contribution in [2.45, 2.75) is 24.8 Å². The number of nitrogens with zero attached hydrogens (tertiary/aromatic N) is 3. The Morgan fingerprint density at radius 2 is 1.96 bits per heavy atom. The van der Waals surface area contributed by atoms with Crippen LogP contribution in [0.2, 0.25) is 0 Å². The number of rotatable bonds is 4. The first-order valence-electron chi connectivity index (χ1n) is 7.77.